The monoisotopic (exact) mass is 298 g/mol. The zero-order valence-electron chi connectivity index (χ0n) is 12.6. The molecule has 2 rings (SSSR count). The number of nitrogens with one attached hydrogen (secondary N) is 1. The molecule has 0 unspecified atom stereocenters. The number of aryl methyl sites for hydroxylation is 1. The van der Waals surface area contributed by atoms with E-state index in [4.69, 9.17) is 0 Å². The third-order valence-corrected chi connectivity index (χ3v) is 3.67. The first kappa shape index (κ1) is 15.9. The van der Waals surface area contributed by atoms with Crippen molar-refractivity contribution >= 4 is 10.9 Å². The average molecular weight is 298 g/mol. The molecule has 1 aromatic carbocycles. The number of halogens is 3. The van der Waals surface area contributed by atoms with Gasteiger partial charge >= 0.3 is 6.18 Å². The highest BCUT2D eigenvalue weighted by Crippen LogP contribution is 2.34. The lowest BCUT2D eigenvalue weighted by Crippen LogP contribution is -2.08. The van der Waals surface area contributed by atoms with Crippen molar-refractivity contribution in [3.8, 4) is 0 Å². The lowest BCUT2D eigenvalue weighted by Gasteiger charge is -2.11. The van der Waals surface area contributed by atoms with E-state index >= 15 is 0 Å². The molecule has 0 atom stereocenters. The summed E-state index contributed by atoms with van der Waals surface area (Å²) in [6.45, 7) is 4.86. The van der Waals surface area contributed by atoms with Gasteiger partial charge in [-0.05, 0) is 58.0 Å². The van der Waals surface area contributed by atoms with Gasteiger partial charge in [-0.1, -0.05) is 6.07 Å². The van der Waals surface area contributed by atoms with Crippen molar-refractivity contribution in [3.63, 3.8) is 0 Å². The number of nitrogens with zero attached hydrogens (tertiary/aromatic N) is 1. The second-order valence-corrected chi connectivity index (χ2v) is 5.59. The molecular formula is C16H21F3N2. The Hall–Kier alpha value is -1.49. The molecule has 0 fully saturated rings. The molecule has 21 heavy (non-hydrogen) atoms. The van der Waals surface area contributed by atoms with Gasteiger partial charge in [-0.15, -0.1) is 0 Å². The van der Waals surface area contributed by atoms with E-state index < -0.39 is 11.7 Å². The summed E-state index contributed by atoms with van der Waals surface area (Å²) in [5.74, 6) is 0. The molecule has 1 aromatic heterocycles. The maximum Gasteiger partial charge on any atom is 0.416 e. The Morgan fingerprint density at radius 1 is 1.24 bits per heavy atom. The number of rotatable bonds is 5. The van der Waals surface area contributed by atoms with Crippen molar-refractivity contribution in [1.82, 2.24) is 9.88 Å². The van der Waals surface area contributed by atoms with Crippen LogP contribution in [0.1, 0.15) is 37.4 Å². The van der Waals surface area contributed by atoms with Crippen LogP contribution in [0.3, 0.4) is 0 Å². The van der Waals surface area contributed by atoms with Crippen molar-refractivity contribution in [3.05, 3.63) is 35.5 Å². The van der Waals surface area contributed by atoms with Gasteiger partial charge in [0.1, 0.15) is 0 Å². The number of fused-ring (bicyclic) bond motifs is 1. The maximum absolute atomic E-state index is 12.9. The highest BCUT2D eigenvalue weighted by atomic mass is 19.4. The highest BCUT2D eigenvalue weighted by molar-refractivity contribution is 5.85. The van der Waals surface area contributed by atoms with Gasteiger partial charge in [0.15, 0.2) is 0 Å². The smallest absolute Gasteiger partial charge is 0.345 e. The van der Waals surface area contributed by atoms with E-state index in [0.29, 0.717) is 5.52 Å². The lowest BCUT2D eigenvalue weighted by atomic mass is 10.1. The first-order valence-electron chi connectivity index (χ1n) is 7.20. The van der Waals surface area contributed by atoms with Crippen molar-refractivity contribution in [2.45, 2.75) is 38.9 Å². The van der Waals surface area contributed by atoms with Gasteiger partial charge in [-0.25, -0.2) is 0 Å². The quantitative estimate of drug-likeness (QED) is 0.810. The van der Waals surface area contributed by atoms with Crippen LogP contribution in [0.15, 0.2) is 24.4 Å². The van der Waals surface area contributed by atoms with E-state index in [2.05, 4.69) is 5.32 Å². The summed E-state index contributed by atoms with van der Waals surface area (Å²) < 4.78 is 40.6. The molecule has 2 nitrogen and oxygen atoms in total. The topological polar surface area (TPSA) is 17.0 Å². The standard InChI is InChI=1S/C16H21F3N2/c1-11(2)21-10-12(5-4-8-20-3)14-7-6-13(9-15(14)21)16(17,18)19/h6-7,9-11,20H,4-5,8H2,1-3H3. The van der Waals surface area contributed by atoms with Gasteiger partial charge in [-0.2, -0.15) is 13.2 Å². The number of aromatic nitrogens is 1. The fraction of sp³-hybridized carbons (Fsp3) is 0.500. The number of hydrogen-bond donors (Lipinski definition) is 1. The van der Waals surface area contributed by atoms with Gasteiger partial charge < -0.3 is 9.88 Å². The Balaban J connectivity index is 2.48. The Morgan fingerprint density at radius 2 is 1.95 bits per heavy atom. The van der Waals surface area contributed by atoms with Gasteiger partial charge in [0.25, 0.3) is 0 Å². The number of alkyl halides is 3. The predicted molar refractivity (Wildman–Crippen MR) is 79.6 cm³/mol. The highest BCUT2D eigenvalue weighted by Gasteiger charge is 2.31. The fourth-order valence-corrected chi connectivity index (χ4v) is 2.58. The molecule has 0 saturated heterocycles. The van der Waals surface area contributed by atoms with Crippen molar-refractivity contribution < 1.29 is 13.2 Å². The SMILES string of the molecule is CNCCCc1cn(C(C)C)c2cc(C(F)(F)F)ccc12. The van der Waals surface area contributed by atoms with Gasteiger partial charge in [0.2, 0.25) is 0 Å². The van der Waals surface area contributed by atoms with Crippen LogP contribution in [0.4, 0.5) is 13.2 Å². The van der Waals surface area contributed by atoms with E-state index in [0.717, 1.165) is 30.3 Å². The van der Waals surface area contributed by atoms with Crippen LogP contribution >= 0.6 is 0 Å². The van der Waals surface area contributed by atoms with Crippen LogP contribution in [-0.4, -0.2) is 18.2 Å². The molecular weight excluding hydrogens is 277 g/mol. The van der Waals surface area contributed by atoms with Crippen LogP contribution in [0, 0.1) is 0 Å². The second-order valence-electron chi connectivity index (χ2n) is 5.59. The third-order valence-electron chi connectivity index (χ3n) is 3.67. The van der Waals surface area contributed by atoms with E-state index in [1.807, 2.05) is 31.7 Å². The zero-order valence-corrected chi connectivity index (χ0v) is 12.6. The minimum Gasteiger partial charge on any atom is -0.345 e. The minimum absolute atomic E-state index is 0.133. The van der Waals surface area contributed by atoms with E-state index in [1.54, 1.807) is 6.07 Å². The van der Waals surface area contributed by atoms with Crippen LogP contribution in [0.5, 0.6) is 0 Å². The molecule has 2 aromatic rings. The number of hydrogen-bond acceptors (Lipinski definition) is 1. The molecule has 0 aliphatic carbocycles. The van der Waals surface area contributed by atoms with Gasteiger partial charge in [0.05, 0.1) is 5.56 Å². The Morgan fingerprint density at radius 3 is 2.52 bits per heavy atom. The molecule has 0 aliphatic rings. The van der Waals surface area contributed by atoms with Crippen LogP contribution in [0.2, 0.25) is 0 Å². The Labute approximate surface area is 122 Å². The van der Waals surface area contributed by atoms with Crippen molar-refractivity contribution in [2.24, 2.45) is 0 Å². The van der Waals surface area contributed by atoms with Gasteiger partial charge in [-0.3, -0.25) is 0 Å². The molecule has 0 aliphatic heterocycles. The molecule has 0 saturated carbocycles. The second kappa shape index (κ2) is 6.10. The number of benzene rings is 1. The summed E-state index contributed by atoms with van der Waals surface area (Å²) in [6.07, 6.45) is -0.477. The molecule has 1 heterocycles. The summed E-state index contributed by atoms with van der Waals surface area (Å²) in [6, 6.07) is 4.17. The van der Waals surface area contributed by atoms with Crippen LogP contribution < -0.4 is 5.32 Å². The van der Waals surface area contributed by atoms with Crippen molar-refractivity contribution in [2.75, 3.05) is 13.6 Å². The summed E-state index contributed by atoms with van der Waals surface area (Å²) >= 11 is 0. The zero-order chi connectivity index (χ0) is 15.6. The van der Waals surface area contributed by atoms with Crippen LogP contribution in [-0.2, 0) is 12.6 Å². The van der Waals surface area contributed by atoms with Gasteiger partial charge in [0, 0.05) is 23.1 Å². The molecule has 5 heteroatoms. The summed E-state index contributed by atoms with van der Waals surface area (Å²) in [4.78, 5) is 0. The summed E-state index contributed by atoms with van der Waals surface area (Å²) in [5.41, 5.74) is 1.19. The average Bonchev–Trinajstić information content (AvgIpc) is 2.76. The largest absolute Gasteiger partial charge is 0.416 e. The summed E-state index contributed by atoms with van der Waals surface area (Å²) in [7, 11) is 1.90. The Kier molecular flexibility index (Phi) is 4.61. The third kappa shape index (κ3) is 3.40. The van der Waals surface area contributed by atoms with E-state index in [1.165, 1.54) is 12.1 Å². The molecule has 0 radical (unpaired) electrons. The Bertz CT molecular complexity index is 612. The molecule has 0 bridgehead atoms. The molecule has 116 valence electrons. The van der Waals surface area contributed by atoms with E-state index in [-0.39, 0.29) is 6.04 Å². The normalized spacial score (nSPS) is 12.5. The van der Waals surface area contributed by atoms with Crippen LogP contribution in [0.25, 0.3) is 10.9 Å². The predicted octanol–water partition coefficient (Wildman–Crippen LogP) is 4.39. The molecule has 0 spiro atoms. The molecule has 1 N–H and O–H groups in total. The van der Waals surface area contributed by atoms with Crippen molar-refractivity contribution in [1.29, 1.82) is 0 Å². The first-order valence-corrected chi connectivity index (χ1v) is 7.20. The maximum atomic E-state index is 12.9. The minimum atomic E-state index is -4.30. The van der Waals surface area contributed by atoms with E-state index in [9.17, 15) is 13.2 Å². The fourth-order valence-electron chi connectivity index (χ4n) is 2.58. The first-order chi connectivity index (χ1) is 9.84. The lowest BCUT2D eigenvalue weighted by molar-refractivity contribution is -0.137. The molecule has 0 amide bonds. The summed E-state index contributed by atoms with van der Waals surface area (Å²) in [5, 5.41) is 4.01.